The van der Waals surface area contributed by atoms with E-state index < -0.39 is 38.1 Å². The number of halogens is 3. The van der Waals surface area contributed by atoms with E-state index in [-0.39, 0.29) is 45.5 Å². The van der Waals surface area contributed by atoms with E-state index in [2.05, 4.69) is 137 Å². The largest absolute Gasteiger partial charge is 0.481 e. The molecule has 12 aromatic heterocycles. The van der Waals surface area contributed by atoms with Crippen molar-refractivity contribution in [2.45, 2.75) is 79.5 Å². The summed E-state index contributed by atoms with van der Waals surface area (Å²) in [5, 5.41) is 42.5. The third-order valence-corrected chi connectivity index (χ3v) is 33.9. The number of unbranched alkanes of at least 4 members (excludes halogenated alkanes) is 3. The van der Waals surface area contributed by atoms with Crippen LogP contribution in [0, 0.1) is 40.5 Å². The number of thiazole rings is 3. The number of carbonyl (C=O) groups excluding carboxylic acids is 2. The van der Waals surface area contributed by atoms with Gasteiger partial charge in [-0.3, -0.25) is 14.0 Å². The molecule has 0 unspecified atom stereocenters. The van der Waals surface area contributed by atoms with Crippen molar-refractivity contribution in [2.24, 2.45) is 0 Å². The molecule has 0 amide bonds. The maximum atomic E-state index is 11.0. The molecule has 0 fully saturated rings. The molecule has 0 aliphatic carbocycles. The van der Waals surface area contributed by atoms with Crippen LogP contribution >= 0.6 is 81.8 Å². The first-order valence-electron chi connectivity index (χ1n) is 33.0. The van der Waals surface area contributed by atoms with Crippen LogP contribution in [-0.4, -0.2) is 155 Å². The van der Waals surface area contributed by atoms with Gasteiger partial charge in [-0.2, -0.15) is 0 Å². The molecule has 582 valence electrons. The monoisotopic (exact) mass is 1870 g/mol. The summed E-state index contributed by atoms with van der Waals surface area (Å²) >= 11 is 11.0. The zero-order valence-corrected chi connectivity index (χ0v) is 70.8. The minimum absolute atomic E-state index is 0.136. The molecule has 12 aromatic rings. The summed E-state index contributed by atoms with van der Waals surface area (Å²) in [6.07, 6.45) is 16.8. The number of hydrogen-bond acceptors (Lipinski definition) is 32. The predicted molar refractivity (Wildman–Crippen MR) is 439 cm³/mol. The number of aromatic nitrogens is 12. The van der Waals surface area contributed by atoms with Gasteiger partial charge in [0, 0.05) is 60.3 Å². The molecule has 0 radical (unpaired) electrons. The summed E-state index contributed by atoms with van der Waals surface area (Å²) in [6.45, 7) is 14.2. The maximum absolute atomic E-state index is 11.0. The van der Waals surface area contributed by atoms with Crippen LogP contribution in [0.2, 0.25) is 13.3 Å². The summed E-state index contributed by atoms with van der Waals surface area (Å²) in [4.78, 5) is 108. The molecule has 0 aromatic carbocycles. The van der Waals surface area contributed by atoms with Crippen LogP contribution in [0.3, 0.4) is 0 Å². The molecule has 0 saturated heterocycles. The van der Waals surface area contributed by atoms with Gasteiger partial charge in [0.05, 0.1) is 77.8 Å². The first-order valence-corrected chi connectivity index (χ1v) is 46.0. The van der Waals surface area contributed by atoms with Crippen molar-refractivity contribution < 1.29 is 53.0 Å². The molecule has 0 aliphatic heterocycles. The number of rotatable bonds is 25. The number of Topliss-reactive ketones (excluding diaryl/α,β-unsaturated/α-hetero) is 2. The summed E-state index contributed by atoms with van der Waals surface area (Å²) in [6, 6.07) is 25.5. The van der Waals surface area contributed by atoms with Crippen molar-refractivity contribution in [3.8, 4) is 34.8 Å². The predicted octanol–water partition coefficient (Wildman–Crippen LogP) is 17.0. The van der Waals surface area contributed by atoms with Crippen LogP contribution in [0.25, 0.3) is 47.3 Å². The van der Waals surface area contributed by atoms with E-state index in [1.165, 1.54) is 151 Å². The Morgan fingerprint density at radius 2 is 0.918 bits per heavy atom. The third-order valence-electron chi connectivity index (χ3n) is 14.8. The Morgan fingerprint density at radius 3 is 1.28 bits per heavy atom. The summed E-state index contributed by atoms with van der Waals surface area (Å²) in [5.41, 5.74) is 21.8. The first-order chi connectivity index (χ1) is 52.7. The number of hydrogen-bond donors (Lipinski definition) is 3. The zero-order chi connectivity index (χ0) is 80.9. The van der Waals surface area contributed by atoms with E-state index in [0.717, 1.165) is 52.6 Å². The van der Waals surface area contributed by atoms with Crippen molar-refractivity contribution in [3.63, 3.8) is 0 Å². The molecule has 0 spiro atoms. The van der Waals surface area contributed by atoms with E-state index in [1.54, 1.807) is 77.1 Å². The fourth-order valence-corrected chi connectivity index (χ4v) is 27.1. The Balaban J connectivity index is 0.000000229. The van der Waals surface area contributed by atoms with Crippen LogP contribution in [-0.2, 0) is 4.74 Å². The number of anilines is 3. The van der Waals surface area contributed by atoms with Crippen molar-refractivity contribution in [1.82, 2.24) is 59.2 Å². The number of imidazole rings is 1. The summed E-state index contributed by atoms with van der Waals surface area (Å²) in [7, 11) is 6.31. The summed E-state index contributed by atoms with van der Waals surface area (Å²) < 4.78 is 34.1. The molecule has 110 heavy (non-hydrogen) atoms. The molecule has 0 saturated carbocycles. The van der Waals surface area contributed by atoms with Gasteiger partial charge >= 0.3 is 143 Å². The van der Waals surface area contributed by atoms with E-state index in [9.17, 15) is 50.0 Å². The molecule has 0 bridgehead atoms. The number of nitrogen functional groups attached to an aromatic ring is 3. The zero-order valence-electron chi connectivity index (χ0n) is 60.8. The Bertz CT molecular complexity index is 4790. The van der Waals surface area contributed by atoms with Crippen molar-refractivity contribution in [2.75, 3.05) is 62.9 Å². The number of fused-ring (bicyclic) bond motifs is 5. The molecule has 0 atom stereocenters. The Hall–Kier alpha value is -10.3. The van der Waals surface area contributed by atoms with Crippen molar-refractivity contribution in [3.05, 3.63) is 201 Å². The fraction of sp³-hybridized carbons (Fsp3) is 0.290. The molecular weight excluding hydrogens is 1790 g/mol. The van der Waals surface area contributed by atoms with Crippen molar-refractivity contribution >= 4 is 187 Å². The smallest absolute Gasteiger partial charge is 0.363 e. The Morgan fingerprint density at radius 1 is 0.500 bits per heavy atom. The molecule has 12 rings (SSSR count). The molecular formula is C69H78Br3N19O15S3Sn. The Labute approximate surface area is 671 Å². The quantitative estimate of drug-likeness (QED) is 0.0119. The van der Waals surface area contributed by atoms with E-state index in [4.69, 9.17) is 40.9 Å². The number of alkyl halides is 2. The Kier molecular flexibility index (Phi) is 38.6. The number of nitrogens with zero attached hydrogens (tertiary/aromatic N) is 16. The van der Waals surface area contributed by atoms with Gasteiger partial charge in [-0.05, 0) is 104 Å². The van der Waals surface area contributed by atoms with E-state index in [1.807, 2.05) is 28.8 Å². The maximum Gasteiger partial charge on any atom is 0.363 e. The van der Waals surface area contributed by atoms with Crippen LogP contribution < -0.4 is 36.1 Å². The van der Waals surface area contributed by atoms with E-state index >= 15 is 0 Å². The summed E-state index contributed by atoms with van der Waals surface area (Å²) in [5.74, 6) is 1.19. The second-order valence-electron chi connectivity index (χ2n) is 22.3. The van der Waals surface area contributed by atoms with Crippen molar-refractivity contribution in [1.29, 1.82) is 0 Å². The van der Waals surface area contributed by atoms with Gasteiger partial charge in [0.2, 0.25) is 23.5 Å². The third kappa shape index (κ3) is 28.6. The number of methoxy groups -OCH3 is 4. The van der Waals surface area contributed by atoms with Gasteiger partial charge in [0.1, 0.15) is 31.7 Å². The number of ketones is 2. The molecule has 0 aliphatic rings. The van der Waals surface area contributed by atoms with Crippen LogP contribution in [0.15, 0.2) is 149 Å². The minimum atomic E-state index is -2.24. The number of pyridine rings is 8. The van der Waals surface area contributed by atoms with Gasteiger partial charge < -0.3 is 76.6 Å². The number of ether oxygens (including phenoxy) is 5. The standard InChI is InChI=1S/C14H9N5O3S.2C7H5BrN2O3.2C7H7N3OS.C6H8N2O.C5H3BrN2O2.C4H7O.3C4H9.Sn/c1-22-12-5-3-10-13(17-12)23-14-16-9(7-18(10)14)8-2-4-11(15-6-8)19(20)21;2*8-3-6(11)5-1-2-7(9-4-5)10(12)13;2*1-11-5-3-2-4-6(10-5)12-7(8)9-4;1-9-6-3-2-5(7)4-8-6;6-4-1-2-5(7-3-4)8(9)10;1-3-5-4-2;3*1-3-4-2;/h2-7H,1H3;2*1-2,4H,3H2;2*2-3H,1H3,(H2,8,9);2-4H,7H2,1H3;1-3H;1,4H2,2H3;3*1,3-4H2,2H3;. The van der Waals surface area contributed by atoms with Gasteiger partial charge in [-0.15, -0.1) is 0 Å². The SMILES string of the molecule is C=[C](OCC)[Sn]([CH2]CCC)([CH2]CCC)[CH2]CCC.COc1ccc(N)cn1.COc1ccc2c(n1)sc1nc(-c3ccc([N+](=O)[O-])nc3)cn12.COc1ccc2nc(N)sc2n1.COc1ccc2nc(N)sc2n1.O=C(CBr)c1ccc([N+](=O)[O-])nc1.O=C(CBr)c1ccc([N+](=O)[O-])nc1.O=[N+]([O-])c1ccc(Br)cn1. The van der Waals surface area contributed by atoms with Crippen LogP contribution in [0.1, 0.15) is 86.9 Å². The molecule has 12 heterocycles. The van der Waals surface area contributed by atoms with E-state index in [0.29, 0.717) is 56.3 Å². The molecule has 41 heteroatoms. The fourth-order valence-electron chi connectivity index (χ4n) is 9.26. The normalized spacial score (nSPS) is 10.4. The topological polar surface area (TPSA) is 477 Å². The van der Waals surface area contributed by atoms with Gasteiger partial charge in [-0.25, -0.2) is 34.9 Å². The average molecular weight is 1870 g/mol. The van der Waals surface area contributed by atoms with Gasteiger partial charge in [-0.1, -0.05) is 65.9 Å². The van der Waals surface area contributed by atoms with Crippen LogP contribution in [0.5, 0.6) is 23.5 Å². The van der Waals surface area contributed by atoms with Gasteiger partial charge in [0.15, 0.2) is 45.4 Å². The second kappa shape index (κ2) is 46.9. The second-order valence-corrected chi connectivity index (χ2v) is 40.5. The molecule has 34 nitrogen and oxygen atoms in total. The minimum Gasteiger partial charge on any atom is -0.481 e. The first kappa shape index (κ1) is 90.3. The number of carbonyl (C=O) groups is 2. The average Bonchev–Trinajstić information content (AvgIpc) is 1.61. The van der Waals surface area contributed by atoms with Gasteiger partial charge in [0.25, 0.3) is 0 Å². The molecule has 6 N–H and O–H groups in total. The number of nitro groups is 4. The number of nitrogens with two attached hydrogens (primary N) is 3. The van der Waals surface area contributed by atoms with Crippen LogP contribution in [0.4, 0.5) is 39.2 Å².